The molecule has 6 nitrogen and oxygen atoms in total. The van der Waals surface area contributed by atoms with Crippen LogP contribution in [0.1, 0.15) is 23.2 Å². The standard InChI is InChI=1S/C18H26N2O4/c1-22-15-10-14(11-16(23-2)17(15)24-3)18(21)20-8-6-19(7-9-20)12-13-4-5-13/h10-11,13H,4-9,12H2,1-3H3. The molecule has 1 saturated heterocycles. The quantitative estimate of drug-likeness (QED) is 0.795. The maximum absolute atomic E-state index is 12.8. The minimum Gasteiger partial charge on any atom is -0.493 e. The number of rotatable bonds is 6. The van der Waals surface area contributed by atoms with Gasteiger partial charge in [0.2, 0.25) is 5.75 Å². The zero-order chi connectivity index (χ0) is 17.1. The van der Waals surface area contributed by atoms with Crippen molar-refractivity contribution >= 4 is 5.91 Å². The predicted molar refractivity (Wildman–Crippen MR) is 91.2 cm³/mol. The Hall–Kier alpha value is -1.95. The third-order valence-electron chi connectivity index (χ3n) is 4.78. The summed E-state index contributed by atoms with van der Waals surface area (Å²) >= 11 is 0. The summed E-state index contributed by atoms with van der Waals surface area (Å²) in [5, 5.41) is 0. The van der Waals surface area contributed by atoms with E-state index in [1.807, 2.05) is 4.90 Å². The van der Waals surface area contributed by atoms with Crippen LogP contribution in [0.15, 0.2) is 12.1 Å². The number of piperazine rings is 1. The third-order valence-corrected chi connectivity index (χ3v) is 4.78. The molecule has 0 aromatic heterocycles. The van der Waals surface area contributed by atoms with Gasteiger partial charge in [-0.3, -0.25) is 9.69 Å². The molecule has 132 valence electrons. The highest BCUT2D eigenvalue weighted by molar-refractivity contribution is 5.95. The van der Waals surface area contributed by atoms with E-state index in [1.54, 1.807) is 33.5 Å². The van der Waals surface area contributed by atoms with E-state index in [2.05, 4.69) is 4.90 Å². The van der Waals surface area contributed by atoms with E-state index >= 15 is 0 Å². The highest BCUT2D eigenvalue weighted by Gasteiger charge is 2.28. The average Bonchev–Trinajstić information content (AvgIpc) is 3.44. The molecular formula is C18H26N2O4. The van der Waals surface area contributed by atoms with E-state index < -0.39 is 0 Å². The lowest BCUT2D eigenvalue weighted by atomic mass is 10.1. The molecule has 6 heteroatoms. The summed E-state index contributed by atoms with van der Waals surface area (Å²) < 4.78 is 16.0. The van der Waals surface area contributed by atoms with Crippen LogP contribution in [-0.4, -0.2) is 69.8 Å². The Bertz CT molecular complexity index is 568. The molecule has 24 heavy (non-hydrogen) atoms. The summed E-state index contributed by atoms with van der Waals surface area (Å²) in [6, 6.07) is 3.44. The van der Waals surface area contributed by atoms with Gasteiger partial charge in [0.1, 0.15) is 0 Å². The van der Waals surface area contributed by atoms with E-state index in [-0.39, 0.29) is 5.91 Å². The van der Waals surface area contributed by atoms with Gasteiger partial charge in [-0.15, -0.1) is 0 Å². The van der Waals surface area contributed by atoms with Crippen molar-refractivity contribution < 1.29 is 19.0 Å². The van der Waals surface area contributed by atoms with Gasteiger partial charge >= 0.3 is 0 Å². The minimum atomic E-state index is 0.0142. The number of carbonyl (C=O) groups is 1. The van der Waals surface area contributed by atoms with Crippen molar-refractivity contribution in [3.63, 3.8) is 0 Å². The Labute approximate surface area is 143 Å². The van der Waals surface area contributed by atoms with Crippen molar-refractivity contribution in [1.29, 1.82) is 0 Å². The number of methoxy groups -OCH3 is 3. The van der Waals surface area contributed by atoms with E-state index in [0.29, 0.717) is 22.8 Å². The molecule has 1 aromatic carbocycles. The Kier molecular flexibility index (Phi) is 5.14. The molecule has 2 fully saturated rings. The number of nitrogens with zero attached hydrogens (tertiary/aromatic N) is 2. The number of hydrogen-bond acceptors (Lipinski definition) is 5. The molecule has 0 spiro atoms. The third kappa shape index (κ3) is 3.59. The van der Waals surface area contributed by atoms with E-state index in [9.17, 15) is 4.79 Å². The largest absolute Gasteiger partial charge is 0.493 e. The van der Waals surface area contributed by atoms with Crippen LogP contribution in [0.5, 0.6) is 17.2 Å². The smallest absolute Gasteiger partial charge is 0.254 e. The Morgan fingerprint density at radius 1 is 1.00 bits per heavy atom. The number of carbonyl (C=O) groups excluding carboxylic acids is 1. The van der Waals surface area contributed by atoms with Gasteiger partial charge in [0.15, 0.2) is 11.5 Å². The van der Waals surface area contributed by atoms with Gasteiger partial charge in [0.25, 0.3) is 5.91 Å². The van der Waals surface area contributed by atoms with Gasteiger partial charge in [0.05, 0.1) is 21.3 Å². The molecule has 3 rings (SSSR count). The topological polar surface area (TPSA) is 51.2 Å². The maximum atomic E-state index is 12.8. The predicted octanol–water partition coefficient (Wildman–Crippen LogP) is 1.88. The highest BCUT2D eigenvalue weighted by Crippen LogP contribution is 2.38. The van der Waals surface area contributed by atoms with Gasteiger partial charge < -0.3 is 19.1 Å². The zero-order valence-corrected chi connectivity index (χ0v) is 14.7. The number of benzene rings is 1. The summed E-state index contributed by atoms with van der Waals surface area (Å²) in [7, 11) is 4.67. The second-order valence-corrected chi connectivity index (χ2v) is 6.45. The Morgan fingerprint density at radius 2 is 1.58 bits per heavy atom. The first kappa shape index (κ1) is 16.9. The summed E-state index contributed by atoms with van der Waals surface area (Å²) in [5.41, 5.74) is 0.570. The fourth-order valence-electron chi connectivity index (χ4n) is 3.19. The molecule has 1 aliphatic carbocycles. The lowest BCUT2D eigenvalue weighted by molar-refractivity contribution is 0.0631. The molecule has 0 N–H and O–H groups in total. The molecular weight excluding hydrogens is 308 g/mol. The van der Waals surface area contributed by atoms with Crippen LogP contribution in [0.25, 0.3) is 0 Å². The van der Waals surface area contributed by atoms with Crippen molar-refractivity contribution in [2.45, 2.75) is 12.8 Å². The zero-order valence-electron chi connectivity index (χ0n) is 14.7. The van der Waals surface area contributed by atoms with Gasteiger partial charge in [-0.2, -0.15) is 0 Å². The van der Waals surface area contributed by atoms with Crippen molar-refractivity contribution in [1.82, 2.24) is 9.80 Å². The van der Waals surface area contributed by atoms with Crippen LogP contribution in [0.2, 0.25) is 0 Å². The van der Waals surface area contributed by atoms with Crippen molar-refractivity contribution in [2.24, 2.45) is 5.92 Å². The Balaban J connectivity index is 1.70. The lowest BCUT2D eigenvalue weighted by Crippen LogP contribution is -2.49. The summed E-state index contributed by atoms with van der Waals surface area (Å²) in [6.45, 7) is 4.62. The van der Waals surface area contributed by atoms with Crippen molar-refractivity contribution in [3.8, 4) is 17.2 Å². The fraction of sp³-hybridized carbons (Fsp3) is 0.611. The summed E-state index contributed by atoms with van der Waals surface area (Å²) in [4.78, 5) is 17.2. The van der Waals surface area contributed by atoms with Gasteiger partial charge in [-0.05, 0) is 30.9 Å². The first-order valence-corrected chi connectivity index (χ1v) is 8.48. The molecule has 1 aromatic rings. The van der Waals surface area contributed by atoms with Gasteiger partial charge in [0, 0.05) is 38.3 Å². The van der Waals surface area contributed by atoms with Crippen LogP contribution in [0.4, 0.5) is 0 Å². The summed E-state index contributed by atoms with van der Waals surface area (Å²) in [5.74, 6) is 2.42. The number of ether oxygens (including phenoxy) is 3. The van der Waals surface area contributed by atoms with Gasteiger partial charge in [-0.1, -0.05) is 0 Å². The second-order valence-electron chi connectivity index (χ2n) is 6.45. The molecule has 0 unspecified atom stereocenters. The SMILES string of the molecule is COc1cc(C(=O)N2CCN(CC3CC3)CC2)cc(OC)c1OC. The first-order valence-electron chi connectivity index (χ1n) is 8.48. The molecule has 0 atom stereocenters. The molecule has 0 radical (unpaired) electrons. The second kappa shape index (κ2) is 7.30. The normalized spacial score (nSPS) is 18.4. The molecule has 2 aliphatic rings. The lowest BCUT2D eigenvalue weighted by Gasteiger charge is -2.35. The first-order chi connectivity index (χ1) is 11.7. The van der Waals surface area contributed by atoms with E-state index in [4.69, 9.17) is 14.2 Å². The Morgan fingerprint density at radius 3 is 2.04 bits per heavy atom. The van der Waals surface area contributed by atoms with Crippen LogP contribution >= 0.6 is 0 Å². The molecule has 1 aliphatic heterocycles. The van der Waals surface area contributed by atoms with Crippen molar-refractivity contribution in [3.05, 3.63) is 17.7 Å². The average molecular weight is 334 g/mol. The van der Waals surface area contributed by atoms with Crippen molar-refractivity contribution in [2.75, 3.05) is 54.1 Å². The molecule has 1 heterocycles. The molecule has 1 saturated carbocycles. The number of hydrogen-bond donors (Lipinski definition) is 0. The van der Waals surface area contributed by atoms with Crippen LogP contribution in [-0.2, 0) is 0 Å². The van der Waals surface area contributed by atoms with Crippen LogP contribution < -0.4 is 14.2 Å². The molecule has 1 amide bonds. The van der Waals surface area contributed by atoms with Crippen LogP contribution in [0, 0.1) is 5.92 Å². The molecule has 0 bridgehead atoms. The van der Waals surface area contributed by atoms with Gasteiger partial charge in [-0.25, -0.2) is 0 Å². The van der Waals surface area contributed by atoms with E-state index in [0.717, 1.165) is 32.1 Å². The monoisotopic (exact) mass is 334 g/mol. The fourth-order valence-corrected chi connectivity index (χ4v) is 3.19. The van der Waals surface area contributed by atoms with Crippen LogP contribution in [0.3, 0.4) is 0 Å². The maximum Gasteiger partial charge on any atom is 0.254 e. The minimum absolute atomic E-state index is 0.0142. The number of amides is 1. The summed E-state index contributed by atoms with van der Waals surface area (Å²) in [6.07, 6.45) is 2.73. The highest BCUT2D eigenvalue weighted by atomic mass is 16.5. The van der Waals surface area contributed by atoms with E-state index in [1.165, 1.54) is 19.4 Å².